The molecular formula is C9H10F2N2O2S. The van der Waals surface area contributed by atoms with Gasteiger partial charge in [-0.15, -0.1) is 4.40 Å². The van der Waals surface area contributed by atoms with Crippen LogP contribution in [0.3, 0.4) is 0 Å². The number of hydrogen-bond donors (Lipinski definition) is 0. The molecule has 0 saturated heterocycles. The van der Waals surface area contributed by atoms with E-state index >= 15 is 0 Å². The first kappa shape index (κ1) is 12.6. The van der Waals surface area contributed by atoms with E-state index in [0.29, 0.717) is 6.07 Å². The molecule has 0 aliphatic heterocycles. The van der Waals surface area contributed by atoms with Gasteiger partial charge in [-0.2, -0.15) is 8.42 Å². The largest absolute Gasteiger partial charge is 0.368 e. The number of nitrogens with zero attached hydrogens (tertiary/aromatic N) is 2. The standard InChI is InChI=1S/C9H10F2N2O2S/c1-13(2)6-12-16(14,15)7-3-4-8(10)9(11)5-7/h3-6H,1-2H3/b12-6+. The van der Waals surface area contributed by atoms with Gasteiger partial charge < -0.3 is 4.90 Å². The summed E-state index contributed by atoms with van der Waals surface area (Å²) in [6.45, 7) is 0. The lowest BCUT2D eigenvalue weighted by Crippen LogP contribution is -2.10. The number of halogens is 2. The third-order valence-corrected chi connectivity index (χ3v) is 2.83. The molecule has 1 rings (SSSR count). The molecular weight excluding hydrogens is 238 g/mol. The molecule has 0 bridgehead atoms. The molecule has 0 fully saturated rings. The molecule has 1 aromatic rings. The van der Waals surface area contributed by atoms with E-state index in [0.717, 1.165) is 18.5 Å². The molecule has 0 N–H and O–H groups in total. The minimum Gasteiger partial charge on any atom is -0.368 e. The molecule has 1 aromatic carbocycles. The van der Waals surface area contributed by atoms with E-state index in [4.69, 9.17) is 0 Å². The lowest BCUT2D eigenvalue weighted by Gasteiger charge is -2.03. The molecule has 16 heavy (non-hydrogen) atoms. The molecule has 0 saturated carbocycles. The molecule has 0 radical (unpaired) electrons. The zero-order valence-electron chi connectivity index (χ0n) is 8.68. The maximum atomic E-state index is 12.8. The first-order chi connectivity index (χ1) is 7.33. The minimum atomic E-state index is -3.97. The van der Waals surface area contributed by atoms with E-state index in [2.05, 4.69) is 4.40 Å². The highest BCUT2D eigenvalue weighted by Crippen LogP contribution is 2.15. The van der Waals surface area contributed by atoms with Gasteiger partial charge in [0.25, 0.3) is 10.0 Å². The molecule has 0 spiro atoms. The van der Waals surface area contributed by atoms with Crippen LogP contribution in [0.25, 0.3) is 0 Å². The van der Waals surface area contributed by atoms with Gasteiger partial charge >= 0.3 is 0 Å². The summed E-state index contributed by atoms with van der Waals surface area (Å²) >= 11 is 0. The number of rotatable bonds is 3. The molecule has 4 nitrogen and oxygen atoms in total. The molecule has 0 aliphatic carbocycles. The smallest absolute Gasteiger partial charge is 0.283 e. The Kier molecular flexibility index (Phi) is 3.58. The van der Waals surface area contributed by atoms with Crippen molar-refractivity contribution < 1.29 is 17.2 Å². The second-order valence-corrected chi connectivity index (χ2v) is 4.87. The summed E-state index contributed by atoms with van der Waals surface area (Å²) in [6, 6.07) is 2.30. The third-order valence-electron chi connectivity index (χ3n) is 1.61. The van der Waals surface area contributed by atoms with Crippen LogP contribution in [0.5, 0.6) is 0 Å². The van der Waals surface area contributed by atoms with Gasteiger partial charge in [0.1, 0.15) is 6.34 Å². The predicted octanol–water partition coefficient (Wildman–Crippen LogP) is 1.24. The van der Waals surface area contributed by atoms with Crippen molar-refractivity contribution in [3.63, 3.8) is 0 Å². The van der Waals surface area contributed by atoms with Gasteiger partial charge in [0.05, 0.1) is 4.90 Å². The third kappa shape index (κ3) is 2.99. The zero-order valence-corrected chi connectivity index (χ0v) is 9.50. The van der Waals surface area contributed by atoms with Gasteiger partial charge in [-0.05, 0) is 18.2 Å². The van der Waals surface area contributed by atoms with Gasteiger partial charge in [-0.25, -0.2) is 8.78 Å². The summed E-state index contributed by atoms with van der Waals surface area (Å²) in [5, 5.41) is 0. The van der Waals surface area contributed by atoms with Crippen LogP contribution in [0.4, 0.5) is 8.78 Å². The fourth-order valence-corrected chi connectivity index (χ4v) is 1.78. The van der Waals surface area contributed by atoms with Crippen LogP contribution in [0.1, 0.15) is 0 Å². The highest BCUT2D eigenvalue weighted by molar-refractivity contribution is 7.90. The summed E-state index contributed by atoms with van der Waals surface area (Å²) < 4.78 is 51.6. The minimum absolute atomic E-state index is 0.385. The van der Waals surface area contributed by atoms with Crippen LogP contribution in [0.2, 0.25) is 0 Å². The molecule has 7 heteroatoms. The number of sulfonamides is 1. The first-order valence-corrected chi connectivity index (χ1v) is 5.69. The van der Waals surface area contributed by atoms with Crippen molar-refractivity contribution >= 4 is 16.4 Å². The lowest BCUT2D eigenvalue weighted by molar-refractivity contribution is 0.504. The van der Waals surface area contributed by atoms with Crippen LogP contribution >= 0.6 is 0 Å². The lowest BCUT2D eigenvalue weighted by atomic mass is 10.3. The quantitative estimate of drug-likeness (QED) is 0.597. The van der Waals surface area contributed by atoms with Crippen molar-refractivity contribution in [2.75, 3.05) is 14.1 Å². The highest BCUT2D eigenvalue weighted by atomic mass is 32.2. The Morgan fingerprint density at radius 3 is 2.38 bits per heavy atom. The molecule has 88 valence electrons. The molecule has 0 heterocycles. The Morgan fingerprint density at radius 2 is 1.88 bits per heavy atom. The van der Waals surface area contributed by atoms with E-state index < -0.39 is 21.7 Å². The number of hydrogen-bond acceptors (Lipinski definition) is 2. The SMILES string of the molecule is CN(C)/C=N/S(=O)(=O)c1ccc(F)c(F)c1. The van der Waals surface area contributed by atoms with Crippen LogP contribution in [-0.4, -0.2) is 33.8 Å². The second-order valence-electron chi connectivity index (χ2n) is 3.24. The second kappa shape index (κ2) is 4.56. The Morgan fingerprint density at radius 1 is 1.25 bits per heavy atom. The van der Waals surface area contributed by atoms with Crippen LogP contribution in [0.15, 0.2) is 27.5 Å². The fourth-order valence-electron chi connectivity index (χ4n) is 0.855. The number of benzene rings is 1. The van der Waals surface area contributed by atoms with Gasteiger partial charge in [0.2, 0.25) is 0 Å². The molecule has 0 unspecified atom stereocenters. The summed E-state index contributed by atoms with van der Waals surface area (Å²) in [7, 11) is -0.798. The predicted molar refractivity (Wildman–Crippen MR) is 55.7 cm³/mol. The van der Waals surface area contributed by atoms with Crippen LogP contribution in [-0.2, 0) is 10.0 Å². The van der Waals surface area contributed by atoms with Crippen LogP contribution < -0.4 is 0 Å². The maximum Gasteiger partial charge on any atom is 0.283 e. The molecule has 0 aliphatic rings. The molecule has 0 amide bonds. The van der Waals surface area contributed by atoms with E-state index in [1.807, 2.05) is 0 Å². The fraction of sp³-hybridized carbons (Fsp3) is 0.222. The average Bonchev–Trinajstić information content (AvgIpc) is 2.19. The van der Waals surface area contributed by atoms with Gasteiger partial charge in [-0.3, -0.25) is 0 Å². The monoisotopic (exact) mass is 248 g/mol. The maximum absolute atomic E-state index is 12.8. The van der Waals surface area contributed by atoms with Crippen molar-refractivity contribution in [3.05, 3.63) is 29.8 Å². The average molecular weight is 248 g/mol. The Hall–Kier alpha value is -1.50. The van der Waals surface area contributed by atoms with E-state index in [-0.39, 0.29) is 4.90 Å². The van der Waals surface area contributed by atoms with E-state index in [9.17, 15) is 17.2 Å². The van der Waals surface area contributed by atoms with Gasteiger partial charge in [-0.1, -0.05) is 0 Å². The van der Waals surface area contributed by atoms with Crippen molar-refractivity contribution in [1.82, 2.24) is 4.90 Å². The van der Waals surface area contributed by atoms with Crippen molar-refractivity contribution in [2.45, 2.75) is 4.90 Å². The summed E-state index contributed by atoms with van der Waals surface area (Å²) in [5.41, 5.74) is 0. The first-order valence-electron chi connectivity index (χ1n) is 4.25. The molecule has 0 aromatic heterocycles. The summed E-state index contributed by atoms with van der Waals surface area (Å²) in [4.78, 5) is 1.03. The van der Waals surface area contributed by atoms with E-state index in [1.165, 1.54) is 4.90 Å². The van der Waals surface area contributed by atoms with Crippen molar-refractivity contribution in [1.29, 1.82) is 0 Å². The van der Waals surface area contributed by atoms with Crippen LogP contribution in [0, 0.1) is 11.6 Å². The Labute approximate surface area is 92.3 Å². The highest BCUT2D eigenvalue weighted by Gasteiger charge is 2.14. The molecule has 0 atom stereocenters. The van der Waals surface area contributed by atoms with E-state index in [1.54, 1.807) is 14.1 Å². The van der Waals surface area contributed by atoms with Crippen molar-refractivity contribution in [3.8, 4) is 0 Å². The van der Waals surface area contributed by atoms with Gasteiger partial charge in [0.15, 0.2) is 11.6 Å². The normalized spacial score (nSPS) is 12.0. The Bertz CT molecular complexity index is 512. The Balaban J connectivity index is 3.13. The zero-order chi connectivity index (χ0) is 12.3. The van der Waals surface area contributed by atoms with Gasteiger partial charge in [0, 0.05) is 14.1 Å². The summed E-state index contributed by atoms with van der Waals surface area (Å²) in [6.07, 6.45) is 1.07. The summed E-state index contributed by atoms with van der Waals surface area (Å²) in [5.74, 6) is -2.32. The topological polar surface area (TPSA) is 49.7 Å². The van der Waals surface area contributed by atoms with Crippen molar-refractivity contribution in [2.24, 2.45) is 4.40 Å².